The van der Waals surface area contributed by atoms with Crippen LogP contribution >= 0.6 is 68.5 Å². The van der Waals surface area contributed by atoms with Gasteiger partial charge in [-0.05, 0) is 0 Å². The van der Waals surface area contributed by atoms with Gasteiger partial charge in [-0.2, -0.15) is 4.31 Å². The summed E-state index contributed by atoms with van der Waals surface area (Å²) >= 11 is 2.03. The van der Waals surface area contributed by atoms with Crippen molar-refractivity contribution >= 4 is 131 Å². The molecule has 43 nitrogen and oxygen atoms in total. The first-order valence-corrected chi connectivity index (χ1v) is 43.7. The predicted octanol–water partition coefficient (Wildman–Crippen LogP) is -4.67. The molecule has 560 valence electrons. The normalized spacial score (nSPS) is 37.1. The van der Waals surface area contributed by atoms with Gasteiger partial charge in [-0.15, -0.1) is 0 Å². The molecule has 27 atom stereocenters. The molecule has 97 heavy (non-hydrogen) atoms. The van der Waals surface area contributed by atoms with E-state index in [9.17, 15) is 72.1 Å². The minimum atomic E-state index is -5.03. The third kappa shape index (κ3) is 38.9. The first-order chi connectivity index (χ1) is 43.0. The number of rotatable bonds is 24. The number of aliphatic hydroxyl groups excluding tert-OH is 6. The van der Waals surface area contributed by atoms with E-state index in [-0.39, 0.29) is 76.0 Å². The molecule has 12 radical (unpaired) electrons. The van der Waals surface area contributed by atoms with E-state index in [4.69, 9.17) is 149 Å². The average Bonchev–Trinajstić information content (AvgIpc) is 1.74. The van der Waals surface area contributed by atoms with Crippen LogP contribution in [0.3, 0.4) is 0 Å². The van der Waals surface area contributed by atoms with E-state index in [2.05, 4.69) is 31.0 Å². The molecule has 6 aliphatic rings. The molecule has 3 unspecified atom stereocenters. The molecule has 0 bridgehead atoms. The Morgan fingerprint density at radius 2 is 0.515 bits per heavy atom. The van der Waals surface area contributed by atoms with Crippen molar-refractivity contribution in [3.8, 4) is 0 Å². The summed E-state index contributed by atoms with van der Waals surface area (Å²) in [5.74, 6) is -1.83. The van der Waals surface area contributed by atoms with Gasteiger partial charge in [-0.1, -0.05) is 42.0 Å². The summed E-state index contributed by atoms with van der Waals surface area (Å²) in [6.07, 6.45) is -14.0. The Kier molecular flexibility index (Phi) is 42.1. The molecule has 6 fully saturated rings. The van der Waals surface area contributed by atoms with E-state index < -0.39 is 184 Å². The molecule has 0 aromatic carbocycles. The van der Waals surface area contributed by atoms with Crippen LogP contribution in [-0.2, 0) is 105 Å². The van der Waals surface area contributed by atoms with Crippen LogP contribution in [0.4, 0.5) is 0 Å². The van der Waals surface area contributed by atoms with Crippen molar-refractivity contribution < 1.29 is 199 Å². The fourth-order valence-corrected chi connectivity index (χ4v) is 16.6. The molecule has 0 aromatic heterocycles. The van der Waals surface area contributed by atoms with Crippen molar-refractivity contribution in [2.75, 3.05) is 46.3 Å². The molecular weight excluding hydrogens is 1560 g/mol. The van der Waals surface area contributed by atoms with Gasteiger partial charge in [0, 0.05) is 66.3 Å². The van der Waals surface area contributed by atoms with Gasteiger partial charge in [0.1, 0.15) is 69.8 Å². The van der Waals surface area contributed by atoms with E-state index >= 15 is 0 Å². The van der Waals surface area contributed by atoms with Crippen LogP contribution in [0.15, 0.2) is 0 Å². The maximum absolute atomic E-state index is 11.6. The molecule has 0 aromatic rings. The van der Waals surface area contributed by atoms with Crippen LogP contribution in [0.2, 0.25) is 0 Å². The molecule has 6 heterocycles. The zero-order chi connectivity index (χ0) is 75.2. The van der Waals surface area contributed by atoms with Gasteiger partial charge in [0.05, 0.1) is 63.6 Å². The van der Waals surface area contributed by atoms with Crippen LogP contribution in [0.1, 0.15) is 49.0 Å². The van der Waals surface area contributed by atoms with Crippen LogP contribution < -0.4 is 5.50 Å². The van der Waals surface area contributed by atoms with Crippen molar-refractivity contribution in [2.45, 2.75) is 158 Å². The number of phosphoric ester groups is 3. The van der Waals surface area contributed by atoms with Gasteiger partial charge < -0.3 is 103 Å². The molecule has 0 amide bonds. The van der Waals surface area contributed by atoms with Crippen molar-refractivity contribution in [1.29, 1.82) is 0 Å². The van der Waals surface area contributed by atoms with Crippen LogP contribution in [0.5, 0.6) is 0 Å². The van der Waals surface area contributed by atoms with Crippen LogP contribution in [-0.4, -0.2) is 312 Å². The Balaban J connectivity index is 0.00000114. The van der Waals surface area contributed by atoms with E-state index in [1.165, 1.54) is 0 Å². The number of phosphoric acid groups is 6. The van der Waals surface area contributed by atoms with Crippen LogP contribution in [0, 0.1) is 35.5 Å². The average molecular weight is 1650 g/mol. The summed E-state index contributed by atoms with van der Waals surface area (Å²) < 4.78 is 155. The van der Waals surface area contributed by atoms with E-state index in [1.807, 2.05) is 15.1 Å². The molecule has 6 saturated heterocycles. The zero-order valence-electron chi connectivity index (χ0n) is 51.5. The molecular formula is C38H82B6NO42P9Se. The number of ether oxygens (including phenoxy) is 6. The Labute approximate surface area is 573 Å². The molecule has 6 rings (SSSR count). The summed E-state index contributed by atoms with van der Waals surface area (Å²) in [7, 11) is -3.72. The summed E-state index contributed by atoms with van der Waals surface area (Å²) in [6, 6.07) is -3.94. The topological polar surface area (TPSA) is 685 Å². The summed E-state index contributed by atoms with van der Waals surface area (Å²) in [6.45, 7) is 8.74. The van der Waals surface area contributed by atoms with Gasteiger partial charge in [0.15, 0.2) is 0 Å². The summed E-state index contributed by atoms with van der Waals surface area (Å²) in [5, 5.41) is 57.5. The fourth-order valence-electron chi connectivity index (χ4n) is 8.07. The number of hydrogen-bond donors (Lipinski definition) is 20. The molecule has 6 aliphatic heterocycles. The van der Waals surface area contributed by atoms with E-state index in [1.54, 1.807) is 41.5 Å². The molecule has 0 saturated carbocycles. The Morgan fingerprint density at radius 3 is 0.691 bits per heavy atom. The third-order valence-electron chi connectivity index (χ3n) is 13.8. The number of nitrogens with two attached hydrogens (primary N) is 1. The number of aliphatic hydroxyl groups is 6. The molecule has 59 heteroatoms. The monoisotopic (exact) mass is 1650 g/mol. The predicted molar refractivity (Wildman–Crippen MR) is 336 cm³/mol. The van der Waals surface area contributed by atoms with E-state index in [0.717, 1.165) is 6.66 Å². The second-order valence-electron chi connectivity index (χ2n) is 21.7. The SMILES string of the molecule is C.[B][C@@H]1O[C@H](COP(=O)(O)O)[C@@H](O)[C@H]1C.[B][C@@H]1O[C@H](COP(=O)(O)O)[C@@H](O)[C@H]1C.[B][C@@H]1O[C@H](COP(=O)(O)O)[C@@H](O)[C@H]1C.[B][C@@H]1O[C@H](COP(C)(=O)OP(=O)(O)O)[C@@H](O)[C@H]1C.[B][C@@H]1O[C@H](COP(N)(=O)OP(=O)(O)O)[C@@H](O)[C@H]1C.[B][C@@H]1O[C@H](COP(O)(=[Se])OP(=O)(O)O)[C@@H](O)[C@H]1C. The van der Waals surface area contributed by atoms with E-state index in [0.29, 0.717) is 0 Å². The Morgan fingerprint density at radius 1 is 0.330 bits per heavy atom. The molecule has 0 spiro atoms. The zero-order valence-corrected chi connectivity index (χ0v) is 61.2. The Bertz CT molecular complexity index is 2540. The minimum absolute atomic E-state index is 0. The maximum atomic E-state index is 11.6. The quantitative estimate of drug-likeness (QED) is 0.0319. The first-order valence-electron chi connectivity index (χ1n) is 27.2. The fraction of sp³-hybridized carbons (Fsp3) is 1.00. The second-order valence-corrected chi connectivity index (χ2v) is 37.5. The van der Waals surface area contributed by atoms with Gasteiger partial charge in [0.2, 0.25) is 0 Å². The molecule has 21 N–H and O–H groups in total. The standard InChI is InChI=1S/C7H15BO8P2.C6H14BNO8P2.C6H13BO8P2Se.3C6H12BO6P.CH4/c1-4-6(9)5(15-7(4)8)3-14-17(2,10)16-18(11,12)13;1-3-5(9)4(15-6(3)7)2-14-17(8,10)16-18(11,12)13;1-3-5(8)4(14-6(3)7)2-13-17(12,18)15-16(9,10)11;3*1-3-5(8)4(13-6(3)7)2-12-14(9,10)11;/h4-7,9H,3H2,1-2H3,(H2,11,12,13);3-6,9H,2H2,1H3,(H2,8,10)(H2,11,12,13);3-6,8H,2H2,1H3,(H,12,18)(H2,9,10,11);3*3-6,8H,2H2,1H3,(H2,9,10,11);1H4/t4-,5-,6+,7-,17?;2*3-,4-,5+,6-,17?;3*3-,4-,5+,6-;/m111111./s1. The third-order valence-corrected chi connectivity index (χ3v) is 24.3. The van der Waals surface area contributed by atoms with Crippen molar-refractivity contribution in [3.63, 3.8) is 0 Å². The van der Waals surface area contributed by atoms with Gasteiger partial charge >= 0.3 is 167 Å². The summed E-state index contributed by atoms with van der Waals surface area (Å²) in [4.78, 5) is 111. The van der Waals surface area contributed by atoms with Crippen molar-refractivity contribution in [2.24, 2.45) is 41.0 Å². The van der Waals surface area contributed by atoms with Gasteiger partial charge in [0.25, 0.3) is 0 Å². The van der Waals surface area contributed by atoms with Gasteiger partial charge in [-0.25, -0.2) is 37.2 Å². The second kappa shape index (κ2) is 41.4. The van der Waals surface area contributed by atoms with Gasteiger partial charge in [-0.3, -0.25) is 22.7 Å². The van der Waals surface area contributed by atoms with Crippen molar-refractivity contribution in [1.82, 2.24) is 0 Å². The molecule has 0 aliphatic carbocycles. The summed E-state index contributed by atoms with van der Waals surface area (Å²) in [5.41, 5.74) is 4.95. The van der Waals surface area contributed by atoms with Crippen molar-refractivity contribution in [3.05, 3.63) is 0 Å². The Hall–Kier alpha value is 1.78. The van der Waals surface area contributed by atoms with Crippen LogP contribution in [0.25, 0.3) is 0 Å². The first kappa shape index (κ1) is 98.8. The number of hydrogen-bond acceptors (Lipinski definition) is 30.